The Morgan fingerprint density at radius 3 is 2.41 bits per heavy atom. The summed E-state index contributed by atoms with van der Waals surface area (Å²) in [5.74, 6) is 1.19. The zero-order valence-corrected chi connectivity index (χ0v) is 11.3. The van der Waals surface area contributed by atoms with Crippen molar-refractivity contribution in [2.45, 2.75) is 53.0 Å². The third-order valence-corrected chi connectivity index (χ3v) is 2.97. The van der Waals surface area contributed by atoms with Crippen molar-refractivity contribution in [3.63, 3.8) is 0 Å². The van der Waals surface area contributed by atoms with E-state index in [1.807, 2.05) is 27.7 Å². The summed E-state index contributed by atoms with van der Waals surface area (Å²) in [6.07, 6.45) is 0.932. The van der Waals surface area contributed by atoms with Crippen molar-refractivity contribution in [1.82, 2.24) is 20.1 Å². The van der Waals surface area contributed by atoms with Crippen LogP contribution in [0.25, 0.3) is 0 Å². The van der Waals surface area contributed by atoms with E-state index in [4.69, 9.17) is 0 Å². The Morgan fingerprint density at radius 2 is 2.00 bits per heavy atom. The van der Waals surface area contributed by atoms with Gasteiger partial charge in [0.25, 0.3) is 5.91 Å². The molecule has 1 aromatic rings. The lowest BCUT2D eigenvalue weighted by Gasteiger charge is -2.25. The molecule has 1 atom stereocenters. The first-order valence-corrected chi connectivity index (χ1v) is 6.24. The number of H-pyrrole nitrogens is 1. The molecular formula is C12H22N4O. The summed E-state index contributed by atoms with van der Waals surface area (Å²) >= 11 is 0. The largest absolute Gasteiger partial charge is 0.333 e. The number of hydrogen-bond donors (Lipinski definition) is 1. The zero-order chi connectivity index (χ0) is 13.0. The van der Waals surface area contributed by atoms with Gasteiger partial charge in [0.15, 0.2) is 0 Å². The van der Waals surface area contributed by atoms with Crippen molar-refractivity contribution < 1.29 is 4.79 Å². The smallest absolute Gasteiger partial charge is 0.293 e. The fourth-order valence-corrected chi connectivity index (χ4v) is 1.63. The molecule has 0 saturated heterocycles. The number of hydrogen-bond acceptors (Lipinski definition) is 3. The molecule has 0 bridgehead atoms. The molecule has 17 heavy (non-hydrogen) atoms. The molecule has 0 aliphatic heterocycles. The van der Waals surface area contributed by atoms with Crippen LogP contribution in [0.4, 0.5) is 0 Å². The molecular weight excluding hydrogens is 216 g/mol. The predicted molar refractivity (Wildman–Crippen MR) is 66.9 cm³/mol. The summed E-state index contributed by atoms with van der Waals surface area (Å²) in [5, 5.41) is 6.81. The van der Waals surface area contributed by atoms with Crippen LogP contribution >= 0.6 is 0 Å². The fraction of sp³-hybridized carbons (Fsp3) is 0.750. The first-order valence-electron chi connectivity index (χ1n) is 6.24. The highest BCUT2D eigenvalue weighted by Gasteiger charge is 2.22. The van der Waals surface area contributed by atoms with E-state index < -0.39 is 0 Å². The average molecular weight is 238 g/mol. The van der Waals surface area contributed by atoms with Crippen LogP contribution in [0.15, 0.2) is 0 Å². The maximum Gasteiger partial charge on any atom is 0.293 e. The lowest BCUT2D eigenvalue weighted by Crippen LogP contribution is -2.38. The van der Waals surface area contributed by atoms with Gasteiger partial charge in [0.05, 0.1) is 0 Å². The maximum absolute atomic E-state index is 12.2. The summed E-state index contributed by atoms with van der Waals surface area (Å²) in [4.78, 5) is 18.2. The number of rotatable bonds is 5. The monoisotopic (exact) mass is 238 g/mol. The van der Waals surface area contributed by atoms with Gasteiger partial charge in [0, 0.05) is 18.5 Å². The number of nitrogens with one attached hydrogen (secondary N) is 1. The minimum Gasteiger partial charge on any atom is -0.333 e. The number of aromatic nitrogens is 3. The number of carbonyl (C=O) groups excluding carboxylic acids is 1. The third-order valence-electron chi connectivity index (χ3n) is 2.97. The molecule has 1 N–H and O–H groups in total. The second kappa shape index (κ2) is 5.80. The van der Waals surface area contributed by atoms with Crippen LogP contribution < -0.4 is 0 Å². The lowest BCUT2D eigenvalue weighted by atomic mass is 10.2. The van der Waals surface area contributed by atoms with E-state index in [1.165, 1.54) is 0 Å². The van der Waals surface area contributed by atoms with Crippen molar-refractivity contribution in [2.75, 3.05) is 6.54 Å². The van der Waals surface area contributed by atoms with Crippen molar-refractivity contribution in [3.05, 3.63) is 11.6 Å². The van der Waals surface area contributed by atoms with Crippen LogP contribution in [-0.2, 0) is 0 Å². The predicted octanol–water partition coefficient (Wildman–Crippen LogP) is 2.19. The summed E-state index contributed by atoms with van der Waals surface area (Å²) in [7, 11) is 0. The van der Waals surface area contributed by atoms with Crippen molar-refractivity contribution in [2.24, 2.45) is 0 Å². The molecule has 1 amide bonds. The van der Waals surface area contributed by atoms with E-state index in [0.717, 1.165) is 12.2 Å². The quantitative estimate of drug-likeness (QED) is 0.855. The van der Waals surface area contributed by atoms with Gasteiger partial charge in [-0.3, -0.25) is 9.89 Å². The minimum atomic E-state index is -0.0926. The van der Waals surface area contributed by atoms with Gasteiger partial charge in [-0.1, -0.05) is 20.8 Å². The lowest BCUT2D eigenvalue weighted by molar-refractivity contribution is 0.0687. The van der Waals surface area contributed by atoms with Crippen LogP contribution in [0, 0.1) is 0 Å². The first-order chi connectivity index (χ1) is 8.01. The standard InChI is InChI=1S/C12H22N4O/c1-6-9(5)16(7-2)12(17)11-13-10(8(3)4)14-15-11/h8-9H,6-7H2,1-5H3,(H,13,14,15). The van der Waals surface area contributed by atoms with E-state index in [1.54, 1.807) is 4.90 Å². The fourth-order valence-electron chi connectivity index (χ4n) is 1.63. The topological polar surface area (TPSA) is 61.9 Å². The van der Waals surface area contributed by atoms with Gasteiger partial charge in [-0.2, -0.15) is 0 Å². The Kier molecular flexibility index (Phi) is 4.66. The number of aromatic amines is 1. The maximum atomic E-state index is 12.2. The zero-order valence-electron chi connectivity index (χ0n) is 11.3. The normalized spacial score (nSPS) is 12.8. The van der Waals surface area contributed by atoms with E-state index in [9.17, 15) is 4.79 Å². The van der Waals surface area contributed by atoms with Crippen molar-refractivity contribution >= 4 is 5.91 Å². The van der Waals surface area contributed by atoms with E-state index in [2.05, 4.69) is 22.1 Å². The second-order valence-corrected chi connectivity index (χ2v) is 4.55. The van der Waals surface area contributed by atoms with Crippen molar-refractivity contribution in [1.29, 1.82) is 0 Å². The highest BCUT2D eigenvalue weighted by molar-refractivity contribution is 5.90. The average Bonchev–Trinajstić information content (AvgIpc) is 2.78. The van der Waals surface area contributed by atoms with Crippen LogP contribution in [0.5, 0.6) is 0 Å². The Labute approximate surface area is 103 Å². The van der Waals surface area contributed by atoms with Gasteiger partial charge in [-0.25, -0.2) is 4.98 Å². The number of amides is 1. The number of carbonyl (C=O) groups is 1. The molecule has 96 valence electrons. The minimum absolute atomic E-state index is 0.0926. The molecule has 0 aliphatic rings. The Morgan fingerprint density at radius 1 is 1.35 bits per heavy atom. The molecule has 0 fully saturated rings. The van der Waals surface area contributed by atoms with Gasteiger partial charge in [-0.05, 0) is 20.3 Å². The van der Waals surface area contributed by atoms with E-state index in [0.29, 0.717) is 6.54 Å². The molecule has 1 rings (SSSR count). The van der Waals surface area contributed by atoms with Gasteiger partial charge < -0.3 is 4.90 Å². The molecule has 0 aliphatic carbocycles. The molecule has 5 heteroatoms. The summed E-state index contributed by atoms with van der Waals surface area (Å²) in [5.41, 5.74) is 0. The van der Waals surface area contributed by atoms with Crippen LogP contribution in [0.3, 0.4) is 0 Å². The molecule has 1 aromatic heterocycles. The van der Waals surface area contributed by atoms with Crippen LogP contribution in [0.1, 0.15) is 63.4 Å². The third kappa shape index (κ3) is 3.05. The van der Waals surface area contributed by atoms with E-state index >= 15 is 0 Å². The molecule has 1 unspecified atom stereocenters. The van der Waals surface area contributed by atoms with Crippen LogP contribution in [0.2, 0.25) is 0 Å². The Bertz CT molecular complexity index is 372. The summed E-state index contributed by atoms with van der Waals surface area (Å²) in [6.45, 7) is 10.8. The molecule has 1 heterocycles. The molecule has 0 spiro atoms. The molecule has 0 radical (unpaired) electrons. The van der Waals surface area contributed by atoms with Gasteiger partial charge in [0.1, 0.15) is 5.82 Å². The highest BCUT2D eigenvalue weighted by atomic mass is 16.2. The molecule has 0 aromatic carbocycles. The SMILES string of the molecule is CCC(C)N(CC)C(=O)c1n[nH]c(C(C)C)n1. The first kappa shape index (κ1) is 13.7. The Balaban J connectivity index is 2.86. The van der Waals surface area contributed by atoms with E-state index in [-0.39, 0.29) is 23.7 Å². The van der Waals surface area contributed by atoms with Gasteiger partial charge in [0.2, 0.25) is 5.82 Å². The number of nitrogens with zero attached hydrogens (tertiary/aromatic N) is 3. The van der Waals surface area contributed by atoms with Gasteiger partial charge in [-0.15, -0.1) is 5.10 Å². The van der Waals surface area contributed by atoms with Crippen molar-refractivity contribution in [3.8, 4) is 0 Å². The molecule has 0 saturated carbocycles. The second-order valence-electron chi connectivity index (χ2n) is 4.55. The van der Waals surface area contributed by atoms with Gasteiger partial charge >= 0.3 is 0 Å². The summed E-state index contributed by atoms with van der Waals surface area (Å²) < 4.78 is 0. The highest BCUT2D eigenvalue weighted by Crippen LogP contribution is 2.11. The molecule has 5 nitrogen and oxygen atoms in total. The van der Waals surface area contributed by atoms with Crippen LogP contribution in [-0.4, -0.2) is 38.6 Å². The Hall–Kier alpha value is -1.39. The summed E-state index contributed by atoms with van der Waals surface area (Å²) in [6, 6.07) is 0.216.